The van der Waals surface area contributed by atoms with E-state index in [2.05, 4.69) is 10.2 Å². The zero-order chi connectivity index (χ0) is 27.9. The number of nitro benzene ring substituents is 1. The van der Waals surface area contributed by atoms with Crippen LogP contribution in [0, 0.1) is 10.1 Å². The molecule has 1 aliphatic rings. The zero-order valence-electron chi connectivity index (χ0n) is 21.2. The molecule has 2 aromatic carbocycles. The summed E-state index contributed by atoms with van der Waals surface area (Å²) in [6, 6.07) is 6.22. The van der Waals surface area contributed by atoms with Crippen LogP contribution < -0.4 is 19.7 Å². The molecule has 1 fully saturated rings. The van der Waals surface area contributed by atoms with Crippen LogP contribution in [0.4, 0.5) is 17.1 Å². The molecule has 0 radical (unpaired) electrons. The van der Waals surface area contributed by atoms with E-state index in [1.165, 1.54) is 0 Å². The van der Waals surface area contributed by atoms with Gasteiger partial charge < -0.3 is 29.2 Å². The van der Waals surface area contributed by atoms with Crippen molar-refractivity contribution in [1.29, 1.82) is 0 Å². The Hall–Kier alpha value is -3.91. The Labute approximate surface area is 219 Å². The van der Waals surface area contributed by atoms with E-state index in [9.17, 15) is 28.1 Å². The molecule has 1 saturated heterocycles. The minimum atomic E-state index is -3.90. The lowest BCUT2D eigenvalue weighted by Gasteiger charge is -2.31. The Morgan fingerprint density at radius 1 is 1.08 bits per heavy atom. The topological polar surface area (TPSA) is 164 Å². The minimum absolute atomic E-state index is 0.277. The van der Waals surface area contributed by atoms with E-state index in [1.807, 2.05) is 6.92 Å². The lowest BCUT2D eigenvalue weighted by molar-refractivity contribution is -0.387. The van der Waals surface area contributed by atoms with Crippen molar-refractivity contribution in [3.05, 3.63) is 46.0 Å². The number of carbonyl (C=O) groups excluding carboxylic acids is 2. The Morgan fingerprint density at radius 2 is 1.74 bits per heavy atom. The number of esters is 1. The van der Waals surface area contributed by atoms with E-state index in [-0.39, 0.29) is 5.56 Å². The van der Waals surface area contributed by atoms with Gasteiger partial charge in [-0.25, -0.2) is 13.2 Å². The number of sulfone groups is 1. The molecule has 13 nitrogen and oxygen atoms in total. The number of anilines is 2. The predicted molar refractivity (Wildman–Crippen MR) is 137 cm³/mol. The third-order valence-electron chi connectivity index (χ3n) is 5.41. The number of hydrogen-bond acceptors (Lipinski definition) is 11. The third-order valence-corrected chi connectivity index (χ3v) is 6.56. The summed E-state index contributed by atoms with van der Waals surface area (Å²) in [5.41, 5.74) is 0.0561. The largest absolute Gasteiger partial charge is 0.492 e. The summed E-state index contributed by atoms with van der Waals surface area (Å²) in [4.78, 5) is 37.0. The van der Waals surface area contributed by atoms with Crippen molar-refractivity contribution in [2.24, 2.45) is 0 Å². The Morgan fingerprint density at radius 3 is 2.34 bits per heavy atom. The zero-order valence-corrected chi connectivity index (χ0v) is 22.0. The Balaban J connectivity index is 1.76. The van der Waals surface area contributed by atoms with E-state index >= 15 is 0 Å². The molecule has 14 heteroatoms. The van der Waals surface area contributed by atoms with E-state index in [0.29, 0.717) is 56.7 Å². The first kappa shape index (κ1) is 28.7. The molecule has 3 rings (SSSR count). The van der Waals surface area contributed by atoms with E-state index in [1.54, 1.807) is 19.1 Å². The van der Waals surface area contributed by atoms with Gasteiger partial charge in [0, 0.05) is 37.5 Å². The number of nitrogens with zero attached hydrogens (tertiary/aromatic N) is 2. The number of nitrogens with one attached hydrogen (secondary N) is 1. The highest BCUT2D eigenvalue weighted by molar-refractivity contribution is 7.90. The lowest BCUT2D eigenvalue weighted by atomic mass is 10.2. The van der Waals surface area contributed by atoms with Crippen LogP contribution >= 0.6 is 0 Å². The van der Waals surface area contributed by atoms with Crippen LogP contribution in [-0.4, -0.2) is 77.6 Å². The average molecular weight is 552 g/mol. The van der Waals surface area contributed by atoms with Crippen LogP contribution in [0.3, 0.4) is 0 Å². The number of rotatable bonds is 11. The number of amides is 1. The number of benzene rings is 2. The Bertz CT molecular complexity index is 1310. The molecule has 1 N–H and O–H groups in total. The molecule has 1 aliphatic heterocycles. The van der Waals surface area contributed by atoms with Gasteiger partial charge in [-0.15, -0.1) is 0 Å². The van der Waals surface area contributed by atoms with Crippen molar-refractivity contribution in [3.8, 4) is 11.5 Å². The molecule has 0 spiro atoms. The van der Waals surface area contributed by atoms with Crippen LogP contribution in [0.2, 0.25) is 0 Å². The second-order valence-electron chi connectivity index (χ2n) is 8.12. The number of morpholine rings is 1. The fourth-order valence-electron chi connectivity index (χ4n) is 3.75. The number of carbonyl (C=O) groups is 2. The van der Waals surface area contributed by atoms with E-state index in [0.717, 1.165) is 30.1 Å². The average Bonchev–Trinajstić information content (AvgIpc) is 2.88. The summed E-state index contributed by atoms with van der Waals surface area (Å²) in [6.45, 7) is 6.11. The molecule has 38 heavy (non-hydrogen) atoms. The maximum atomic E-state index is 12.6. The minimum Gasteiger partial charge on any atom is -0.492 e. The van der Waals surface area contributed by atoms with Gasteiger partial charge in [-0.1, -0.05) is 0 Å². The summed E-state index contributed by atoms with van der Waals surface area (Å²) in [5, 5.41) is 13.9. The third kappa shape index (κ3) is 7.10. The van der Waals surface area contributed by atoms with Gasteiger partial charge >= 0.3 is 5.97 Å². The van der Waals surface area contributed by atoms with Crippen LogP contribution in [0.1, 0.15) is 24.2 Å². The van der Waals surface area contributed by atoms with Gasteiger partial charge in [0.05, 0.1) is 48.3 Å². The van der Waals surface area contributed by atoms with Crippen LogP contribution in [0.5, 0.6) is 11.5 Å². The van der Waals surface area contributed by atoms with E-state index < -0.39 is 43.8 Å². The van der Waals surface area contributed by atoms with Crippen molar-refractivity contribution in [3.63, 3.8) is 0 Å². The van der Waals surface area contributed by atoms with Gasteiger partial charge in [0.2, 0.25) is 0 Å². The van der Waals surface area contributed by atoms with Crippen molar-refractivity contribution in [2.45, 2.75) is 18.7 Å². The van der Waals surface area contributed by atoms with Gasteiger partial charge in [-0.05, 0) is 26.0 Å². The molecule has 206 valence electrons. The summed E-state index contributed by atoms with van der Waals surface area (Å²) < 4.78 is 45.5. The molecule has 1 heterocycles. The second kappa shape index (κ2) is 12.6. The standard InChI is InChI=1S/C24H29N3O10S/c1-4-35-20-14-18(26-8-10-34-11-9-26)21(36-5-2)13-17(20)25-23(28)15-37-24(29)16-6-7-22(38(3,32)33)19(12-16)27(30)31/h6-7,12-14H,4-5,8-11,15H2,1-3H3,(H,25,28). The molecular weight excluding hydrogens is 522 g/mol. The van der Waals surface area contributed by atoms with Crippen LogP contribution in [0.15, 0.2) is 35.2 Å². The SMILES string of the molecule is CCOc1cc(N2CCOCC2)c(OCC)cc1NC(=O)COC(=O)c1ccc(S(C)(=O)=O)c([N+](=O)[O-])c1. The number of ether oxygens (including phenoxy) is 4. The first-order valence-electron chi connectivity index (χ1n) is 11.8. The molecule has 2 aromatic rings. The maximum Gasteiger partial charge on any atom is 0.338 e. The van der Waals surface area contributed by atoms with Gasteiger partial charge in [-0.3, -0.25) is 14.9 Å². The lowest BCUT2D eigenvalue weighted by Crippen LogP contribution is -2.36. The van der Waals surface area contributed by atoms with Crippen molar-refractivity contribution < 1.29 is 41.9 Å². The van der Waals surface area contributed by atoms with Gasteiger partial charge in [0.1, 0.15) is 16.4 Å². The number of nitro groups is 1. The predicted octanol–water partition coefficient (Wildman–Crippen LogP) is 2.43. The molecule has 0 bridgehead atoms. The van der Waals surface area contributed by atoms with Crippen LogP contribution in [0.25, 0.3) is 0 Å². The molecule has 0 atom stereocenters. The summed E-state index contributed by atoms with van der Waals surface area (Å²) >= 11 is 0. The van der Waals surface area contributed by atoms with Gasteiger partial charge in [0.15, 0.2) is 16.4 Å². The quantitative estimate of drug-likeness (QED) is 0.248. The van der Waals surface area contributed by atoms with Crippen molar-refractivity contribution >= 4 is 38.8 Å². The smallest absolute Gasteiger partial charge is 0.338 e. The molecule has 0 aliphatic carbocycles. The van der Waals surface area contributed by atoms with Crippen molar-refractivity contribution in [2.75, 3.05) is 62.6 Å². The first-order valence-corrected chi connectivity index (χ1v) is 13.7. The maximum absolute atomic E-state index is 12.6. The van der Waals surface area contributed by atoms with Crippen molar-refractivity contribution in [1.82, 2.24) is 0 Å². The first-order chi connectivity index (χ1) is 18.0. The summed E-state index contributed by atoms with van der Waals surface area (Å²) in [7, 11) is -3.90. The monoisotopic (exact) mass is 551 g/mol. The highest BCUT2D eigenvalue weighted by Crippen LogP contribution is 2.39. The Kier molecular flexibility index (Phi) is 9.47. The summed E-state index contributed by atoms with van der Waals surface area (Å²) in [6.07, 6.45) is 0.818. The van der Waals surface area contributed by atoms with Gasteiger partial charge in [0.25, 0.3) is 11.6 Å². The normalized spacial score (nSPS) is 13.5. The van der Waals surface area contributed by atoms with Crippen LogP contribution in [-0.2, 0) is 24.1 Å². The highest BCUT2D eigenvalue weighted by Gasteiger charge is 2.25. The molecule has 0 aromatic heterocycles. The molecule has 0 saturated carbocycles. The molecule has 0 unspecified atom stereocenters. The summed E-state index contributed by atoms with van der Waals surface area (Å²) in [5.74, 6) is -0.804. The number of hydrogen-bond donors (Lipinski definition) is 1. The van der Waals surface area contributed by atoms with Gasteiger partial charge in [-0.2, -0.15) is 0 Å². The highest BCUT2D eigenvalue weighted by atomic mass is 32.2. The molecular formula is C24H29N3O10S. The fourth-order valence-corrected chi connectivity index (χ4v) is 4.57. The molecule has 1 amide bonds. The van der Waals surface area contributed by atoms with E-state index in [4.69, 9.17) is 18.9 Å². The second-order valence-corrected chi connectivity index (χ2v) is 10.1. The fraction of sp³-hybridized carbons (Fsp3) is 0.417.